The van der Waals surface area contributed by atoms with E-state index in [2.05, 4.69) is 31.9 Å². The SMILES string of the molecule is CC1(C)OC2=C(C(=O)C(=O)C3=C2OC(C)(C)[C@H]2COc4ccc(Br)cc4[C@@H]32)[C@@H]2c3cc(Br)ccc3OC[C@@H]21. The molecule has 1 aliphatic carbocycles. The normalized spacial score (nSPS) is 29.7. The maximum absolute atomic E-state index is 14.1. The molecule has 0 aromatic heterocycles. The summed E-state index contributed by atoms with van der Waals surface area (Å²) < 4.78 is 27.3. The van der Waals surface area contributed by atoms with Gasteiger partial charge in [0.2, 0.25) is 11.6 Å². The Hall–Kier alpha value is -2.58. The van der Waals surface area contributed by atoms with Gasteiger partial charge in [-0.05, 0) is 64.1 Å². The monoisotopic (exact) mass is 640 g/mol. The molecule has 4 heterocycles. The van der Waals surface area contributed by atoms with Crippen LogP contribution >= 0.6 is 31.9 Å². The lowest BCUT2D eigenvalue weighted by atomic mass is 9.63. The summed E-state index contributed by atoms with van der Waals surface area (Å²) in [6.07, 6.45) is 0. The molecule has 196 valence electrons. The van der Waals surface area contributed by atoms with E-state index in [1.165, 1.54) is 0 Å². The first-order valence-corrected chi connectivity index (χ1v) is 14.4. The maximum Gasteiger partial charge on any atom is 0.233 e. The highest BCUT2D eigenvalue weighted by molar-refractivity contribution is 9.10. The van der Waals surface area contributed by atoms with Crippen molar-refractivity contribution >= 4 is 43.4 Å². The highest BCUT2D eigenvalue weighted by atomic mass is 79.9. The Kier molecular flexibility index (Phi) is 5.13. The number of ether oxygens (including phenoxy) is 4. The molecule has 0 unspecified atom stereocenters. The molecule has 7 rings (SSSR count). The Morgan fingerprint density at radius 3 is 1.47 bits per heavy atom. The second-order valence-electron chi connectivity index (χ2n) is 11.7. The minimum atomic E-state index is -0.677. The fraction of sp³-hybridized carbons (Fsp3) is 0.400. The zero-order valence-electron chi connectivity index (χ0n) is 21.4. The molecule has 0 amide bonds. The molecule has 0 saturated heterocycles. The summed E-state index contributed by atoms with van der Waals surface area (Å²) in [5.74, 6) is 0.111. The molecule has 8 heteroatoms. The molecule has 0 fully saturated rings. The van der Waals surface area contributed by atoms with Crippen molar-refractivity contribution in [1.82, 2.24) is 0 Å². The van der Waals surface area contributed by atoms with Crippen molar-refractivity contribution in [2.45, 2.75) is 50.7 Å². The van der Waals surface area contributed by atoms with Gasteiger partial charge in [0.15, 0.2) is 11.5 Å². The lowest BCUT2D eigenvalue weighted by Gasteiger charge is -2.53. The second kappa shape index (κ2) is 7.98. The first kappa shape index (κ1) is 24.5. The third kappa shape index (κ3) is 3.28. The quantitative estimate of drug-likeness (QED) is 0.246. The topological polar surface area (TPSA) is 71.1 Å². The van der Waals surface area contributed by atoms with Crippen LogP contribution in [-0.2, 0) is 19.1 Å². The van der Waals surface area contributed by atoms with E-state index in [9.17, 15) is 9.59 Å². The highest BCUT2D eigenvalue weighted by Crippen LogP contribution is 2.59. The van der Waals surface area contributed by atoms with Gasteiger partial charge in [-0.2, -0.15) is 0 Å². The molecule has 0 N–H and O–H groups in total. The van der Waals surface area contributed by atoms with E-state index in [0.29, 0.717) is 47.4 Å². The fourth-order valence-corrected chi connectivity index (χ4v) is 7.59. The molecule has 2 aromatic rings. The Labute approximate surface area is 237 Å². The van der Waals surface area contributed by atoms with Crippen LogP contribution in [0, 0.1) is 11.8 Å². The molecule has 5 aliphatic rings. The summed E-state index contributed by atoms with van der Waals surface area (Å²) in [6.45, 7) is 8.82. The van der Waals surface area contributed by atoms with Gasteiger partial charge in [0, 0.05) is 43.7 Å². The molecule has 0 bridgehead atoms. The number of halogens is 2. The Balaban J connectivity index is 1.51. The van der Waals surface area contributed by atoms with Gasteiger partial charge >= 0.3 is 0 Å². The van der Waals surface area contributed by atoms with Crippen molar-refractivity contribution in [2.75, 3.05) is 13.2 Å². The summed E-state index contributed by atoms with van der Waals surface area (Å²) in [4.78, 5) is 28.2. The van der Waals surface area contributed by atoms with E-state index in [4.69, 9.17) is 18.9 Å². The van der Waals surface area contributed by atoms with Crippen LogP contribution < -0.4 is 9.47 Å². The van der Waals surface area contributed by atoms with Gasteiger partial charge in [0.05, 0.1) is 24.4 Å². The van der Waals surface area contributed by atoms with Crippen molar-refractivity contribution < 1.29 is 28.5 Å². The van der Waals surface area contributed by atoms with Crippen LogP contribution in [0.4, 0.5) is 0 Å². The van der Waals surface area contributed by atoms with Crippen molar-refractivity contribution in [3.63, 3.8) is 0 Å². The van der Waals surface area contributed by atoms with Crippen LogP contribution in [0.5, 0.6) is 11.5 Å². The van der Waals surface area contributed by atoms with Crippen molar-refractivity contribution in [3.05, 3.63) is 79.1 Å². The van der Waals surface area contributed by atoms with Crippen LogP contribution in [0.25, 0.3) is 0 Å². The van der Waals surface area contributed by atoms with Crippen LogP contribution in [-0.4, -0.2) is 36.0 Å². The molecule has 0 radical (unpaired) electrons. The summed E-state index contributed by atoms with van der Waals surface area (Å²) in [5.41, 5.74) is 1.14. The number of fused-ring (bicyclic) bond motifs is 9. The van der Waals surface area contributed by atoms with Crippen LogP contribution in [0.2, 0.25) is 0 Å². The summed E-state index contributed by atoms with van der Waals surface area (Å²) in [7, 11) is 0. The zero-order chi connectivity index (χ0) is 26.7. The number of carbonyl (C=O) groups is 2. The average Bonchev–Trinajstić information content (AvgIpc) is 2.86. The fourth-order valence-electron chi connectivity index (χ4n) is 6.83. The zero-order valence-corrected chi connectivity index (χ0v) is 24.6. The van der Waals surface area contributed by atoms with Gasteiger partial charge in [0.1, 0.15) is 22.7 Å². The number of carbonyl (C=O) groups excluding carboxylic acids is 2. The van der Waals surface area contributed by atoms with E-state index in [1.807, 2.05) is 64.1 Å². The smallest absolute Gasteiger partial charge is 0.233 e. The molecule has 38 heavy (non-hydrogen) atoms. The van der Waals surface area contributed by atoms with Crippen LogP contribution in [0.1, 0.15) is 50.7 Å². The lowest BCUT2D eigenvalue weighted by Crippen LogP contribution is -2.54. The maximum atomic E-state index is 14.1. The number of hydrogen-bond acceptors (Lipinski definition) is 6. The molecular weight excluding hydrogens is 616 g/mol. The van der Waals surface area contributed by atoms with Gasteiger partial charge in [-0.3, -0.25) is 9.59 Å². The molecule has 2 aromatic carbocycles. The average molecular weight is 642 g/mol. The Morgan fingerprint density at radius 2 is 1.08 bits per heavy atom. The van der Waals surface area contributed by atoms with Gasteiger partial charge in [0.25, 0.3) is 0 Å². The van der Waals surface area contributed by atoms with E-state index < -0.39 is 22.8 Å². The van der Waals surface area contributed by atoms with Crippen molar-refractivity contribution in [1.29, 1.82) is 0 Å². The number of allylic oxidation sites excluding steroid dienone is 2. The molecule has 6 nitrogen and oxygen atoms in total. The standard InChI is InChI=1S/C30H26Br2O6/c1-29(2)17-11-35-19-7-5-13(31)9-15(19)21(17)23-25(33)26(34)24-22-16-10-14(32)6-8-20(16)36-12-18(22)30(3,4)38-28(24)27(23)37-29/h5-10,17-18,21-22H,11-12H2,1-4H3/t17-,18-,21+,22+/m0/s1. The van der Waals surface area contributed by atoms with E-state index in [-0.39, 0.29) is 23.7 Å². The molecular formula is C30H26Br2O6. The first-order valence-electron chi connectivity index (χ1n) is 12.8. The van der Waals surface area contributed by atoms with E-state index in [1.54, 1.807) is 0 Å². The predicted molar refractivity (Wildman–Crippen MR) is 146 cm³/mol. The largest absolute Gasteiger partial charge is 0.493 e. The minimum Gasteiger partial charge on any atom is -0.493 e. The number of rotatable bonds is 0. The number of ketones is 2. The highest BCUT2D eigenvalue weighted by Gasteiger charge is 2.59. The Bertz CT molecular complexity index is 1400. The van der Waals surface area contributed by atoms with Crippen LogP contribution in [0.15, 0.2) is 68.0 Å². The van der Waals surface area contributed by atoms with Crippen molar-refractivity contribution in [2.24, 2.45) is 11.8 Å². The predicted octanol–water partition coefficient (Wildman–Crippen LogP) is 6.37. The number of benzene rings is 2. The van der Waals surface area contributed by atoms with E-state index in [0.717, 1.165) is 20.1 Å². The van der Waals surface area contributed by atoms with Gasteiger partial charge in [-0.25, -0.2) is 0 Å². The molecule has 0 spiro atoms. The third-order valence-corrected chi connectivity index (χ3v) is 9.77. The second-order valence-corrected chi connectivity index (χ2v) is 13.5. The molecule has 4 atom stereocenters. The lowest BCUT2D eigenvalue weighted by molar-refractivity contribution is -0.140. The van der Waals surface area contributed by atoms with Gasteiger partial charge in [-0.15, -0.1) is 0 Å². The van der Waals surface area contributed by atoms with Crippen LogP contribution in [0.3, 0.4) is 0 Å². The Morgan fingerprint density at radius 1 is 0.684 bits per heavy atom. The minimum absolute atomic E-state index is 0.161. The third-order valence-electron chi connectivity index (χ3n) is 8.78. The summed E-state index contributed by atoms with van der Waals surface area (Å²) >= 11 is 7.15. The number of hydrogen-bond donors (Lipinski definition) is 0. The summed E-state index contributed by atoms with van der Waals surface area (Å²) in [6, 6.07) is 11.6. The summed E-state index contributed by atoms with van der Waals surface area (Å²) in [5, 5.41) is 0. The van der Waals surface area contributed by atoms with Gasteiger partial charge < -0.3 is 18.9 Å². The first-order chi connectivity index (χ1) is 18.0. The van der Waals surface area contributed by atoms with E-state index >= 15 is 0 Å². The van der Waals surface area contributed by atoms with Crippen molar-refractivity contribution in [3.8, 4) is 11.5 Å². The van der Waals surface area contributed by atoms with Gasteiger partial charge in [-0.1, -0.05) is 31.9 Å². The molecule has 0 saturated carbocycles. The molecule has 4 aliphatic heterocycles. The number of Topliss-reactive ketones (excluding diaryl/α,β-unsaturated/α-hetero) is 2.